The van der Waals surface area contributed by atoms with Crippen LogP contribution in [0.25, 0.3) is 0 Å². The molecule has 6 nitrogen and oxygen atoms in total. The fourth-order valence-electron chi connectivity index (χ4n) is 2.96. The largest absolute Gasteiger partial charge is 0.338 e. The molecule has 2 saturated heterocycles. The van der Waals surface area contributed by atoms with Gasteiger partial charge in [0, 0.05) is 38.6 Å². The van der Waals surface area contributed by atoms with Crippen molar-refractivity contribution >= 4 is 23.3 Å². The molecule has 0 saturated carbocycles. The van der Waals surface area contributed by atoms with Crippen molar-refractivity contribution in [2.24, 2.45) is 0 Å². The number of thiazole rings is 1. The molecule has 0 bridgehead atoms. The summed E-state index contributed by atoms with van der Waals surface area (Å²) in [7, 11) is 1.81. The number of aromatic nitrogens is 1. The van der Waals surface area contributed by atoms with E-state index in [4.69, 9.17) is 0 Å². The molecule has 3 amide bonds. The number of carbonyl (C=O) groups is 2. The van der Waals surface area contributed by atoms with Gasteiger partial charge in [-0.15, -0.1) is 11.3 Å². The molecule has 1 aromatic rings. The van der Waals surface area contributed by atoms with Gasteiger partial charge < -0.3 is 14.7 Å². The van der Waals surface area contributed by atoms with E-state index in [9.17, 15) is 9.59 Å². The maximum absolute atomic E-state index is 12.4. The highest BCUT2D eigenvalue weighted by atomic mass is 32.1. The zero-order chi connectivity index (χ0) is 15.0. The van der Waals surface area contributed by atoms with Crippen molar-refractivity contribution in [3.8, 4) is 0 Å². The topological polar surface area (TPSA) is 56.8 Å². The van der Waals surface area contributed by atoms with Gasteiger partial charge in [0.05, 0.1) is 23.2 Å². The summed E-state index contributed by atoms with van der Waals surface area (Å²) >= 11 is 1.61. The van der Waals surface area contributed by atoms with Crippen LogP contribution in [0.4, 0.5) is 4.79 Å². The van der Waals surface area contributed by atoms with Crippen molar-refractivity contribution in [2.75, 3.05) is 33.2 Å². The van der Waals surface area contributed by atoms with E-state index in [1.807, 2.05) is 22.2 Å². The first-order valence-electron chi connectivity index (χ1n) is 7.31. The number of aryl methyl sites for hydroxylation is 1. The lowest BCUT2D eigenvalue weighted by Gasteiger charge is -2.36. The van der Waals surface area contributed by atoms with Crippen molar-refractivity contribution in [1.29, 1.82) is 0 Å². The van der Waals surface area contributed by atoms with Crippen LogP contribution in [0.1, 0.15) is 17.6 Å². The molecule has 0 aromatic carbocycles. The Balaban J connectivity index is 1.60. The van der Waals surface area contributed by atoms with Gasteiger partial charge in [-0.25, -0.2) is 9.78 Å². The molecule has 0 unspecified atom stereocenters. The number of fused-ring (bicyclic) bond motifs is 1. The molecule has 0 N–H and O–H groups in total. The Hall–Kier alpha value is -1.63. The Labute approximate surface area is 128 Å². The third kappa shape index (κ3) is 2.74. The number of carbonyl (C=O) groups excluding carboxylic acids is 2. The smallest absolute Gasteiger partial charge is 0.320 e. The lowest BCUT2D eigenvalue weighted by Crippen LogP contribution is -2.54. The lowest BCUT2D eigenvalue weighted by atomic mass is 10.1. The predicted octanol–water partition coefficient (Wildman–Crippen LogP) is 0.826. The van der Waals surface area contributed by atoms with E-state index in [0.717, 1.165) is 17.1 Å². The van der Waals surface area contributed by atoms with Gasteiger partial charge >= 0.3 is 6.03 Å². The van der Waals surface area contributed by atoms with Crippen LogP contribution < -0.4 is 0 Å². The lowest BCUT2D eigenvalue weighted by molar-refractivity contribution is -0.132. The van der Waals surface area contributed by atoms with E-state index in [1.54, 1.807) is 16.2 Å². The Kier molecular flexibility index (Phi) is 3.84. The van der Waals surface area contributed by atoms with Crippen LogP contribution in [0.2, 0.25) is 0 Å². The van der Waals surface area contributed by atoms with Crippen molar-refractivity contribution in [3.63, 3.8) is 0 Å². The summed E-state index contributed by atoms with van der Waals surface area (Å²) in [5, 5.41) is 3.05. The molecule has 114 valence electrons. The van der Waals surface area contributed by atoms with E-state index in [0.29, 0.717) is 32.6 Å². The van der Waals surface area contributed by atoms with Crippen molar-refractivity contribution in [2.45, 2.75) is 25.8 Å². The van der Waals surface area contributed by atoms with Gasteiger partial charge in [-0.2, -0.15) is 0 Å². The molecule has 7 heteroatoms. The zero-order valence-corrected chi connectivity index (χ0v) is 13.2. The third-order valence-corrected chi connectivity index (χ3v) is 5.17. The quantitative estimate of drug-likeness (QED) is 0.831. The van der Waals surface area contributed by atoms with Crippen LogP contribution in [0.15, 0.2) is 5.38 Å². The molecule has 0 spiro atoms. The summed E-state index contributed by atoms with van der Waals surface area (Å²) in [6, 6.07) is 0.223. The molecule has 21 heavy (non-hydrogen) atoms. The average molecular weight is 308 g/mol. The molecule has 1 atom stereocenters. The number of hydrogen-bond donors (Lipinski definition) is 0. The highest BCUT2D eigenvalue weighted by Gasteiger charge is 2.39. The second kappa shape index (κ2) is 5.63. The predicted molar refractivity (Wildman–Crippen MR) is 80.3 cm³/mol. The van der Waals surface area contributed by atoms with Gasteiger partial charge in [-0.3, -0.25) is 4.79 Å². The molecule has 2 aliphatic heterocycles. The first-order valence-corrected chi connectivity index (χ1v) is 8.19. The van der Waals surface area contributed by atoms with Crippen molar-refractivity contribution in [1.82, 2.24) is 19.7 Å². The van der Waals surface area contributed by atoms with Gasteiger partial charge in [-0.1, -0.05) is 6.92 Å². The van der Waals surface area contributed by atoms with Gasteiger partial charge in [-0.05, 0) is 6.42 Å². The van der Waals surface area contributed by atoms with Crippen molar-refractivity contribution < 1.29 is 9.59 Å². The van der Waals surface area contributed by atoms with Gasteiger partial charge in [0.25, 0.3) is 0 Å². The maximum atomic E-state index is 12.4. The standard InChI is InChI=1S/C14H20N4O2S/c1-3-12-15-10(9-21-12)6-13(19)17-4-5-18-11(8-17)7-16(2)14(18)20/h9,11H,3-8H2,1-2H3/t11-/m0/s1. The monoisotopic (exact) mass is 308 g/mol. The normalized spacial score (nSPS) is 21.9. The van der Waals surface area contributed by atoms with Crippen LogP contribution in [0.3, 0.4) is 0 Å². The zero-order valence-electron chi connectivity index (χ0n) is 12.4. The van der Waals surface area contributed by atoms with E-state index >= 15 is 0 Å². The van der Waals surface area contributed by atoms with Crippen LogP contribution in [-0.2, 0) is 17.6 Å². The first kappa shape index (κ1) is 14.3. The number of amides is 3. The second-order valence-electron chi connectivity index (χ2n) is 5.61. The molecule has 0 radical (unpaired) electrons. The van der Waals surface area contributed by atoms with E-state index in [2.05, 4.69) is 11.9 Å². The Morgan fingerprint density at radius 1 is 1.43 bits per heavy atom. The minimum absolute atomic E-state index is 0.0826. The summed E-state index contributed by atoms with van der Waals surface area (Å²) in [5.74, 6) is 0.115. The number of likely N-dealkylation sites (N-methyl/N-ethyl adjacent to an activating group) is 1. The molecule has 0 aliphatic carbocycles. The first-order chi connectivity index (χ1) is 10.1. The summed E-state index contributed by atoms with van der Waals surface area (Å²) < 4.78 is 0. The molecule has 2 fully saturated rings. The van der Waals surface area contributed by atoms with Gasteiger partial charge in [0.15, 0.2) is 0 Å². The number of nitrogens with zero attached hydrogens (tertiary/aromatic N) is 4. The molecule has 2 aliphatic rings. The van der Waals surface area contributed by atoms with Crippen LogP contribution >= 0.6 is 11.3 Å². The van der Waals surface area contributed by atoms with Crippen LogP contribution in [0.5, 0.6) is 0 Å². The van der Waals surface area contributed by atoms with Crippen LogP contribution in [-0.4, -0.2) is 70.9 Å². The molecular weight excluding hydrogens is 288 g/mol. The fourth-order valence-corrected chi connectivity index (χ4v) is 3.71. The molecule has 3 heterocycles. The Bertz CT molecular complexity index is 559. The SMILES string of the molecule is CCc1nc(CC(=O)N2CCN3C(=O)N(C)C[C@H]3C2)cs1. The number of hydrogen-bond acceptors (Lipinski definition) is 4. The fraction of sp³-hybridized carbons (Fsp3) is 0.643. The second-order valence-corrected chi connectivity index (χ2v) is 6.56. The Morgan fingerprint density at radius 2 is 2.24 bits per heavy atom. The van der Waals surface area contributed by atoms with Crippen LogP contribution in [0, 0.1) is 0 Å². The Morgan fingerprint density at radius 3 is 2.95 bits per heavy atom. The molecular formula is C14H20N4O2S. The minimum Gasteiger partial charge on any atom is -0.338 e. The summed E-state index contributed by atoms with van der Waals surface area (Å²) in [5.41, 5.74) is 0.865. The van der Waals surface area contributed by atoms with Gasteiger partial charge in [0.2, 0.25) is 5.91 Å². The van der Waals surface area contributed by atoms with Gasteiger partial charge in [0.1, 0.15) is 0 Å². The molecule has 1 aromatic heterocycles. The van der Waals surface area contributed by atoms with E-state index < -0.39 is 0 Å². The minimum atomic E-state index is 0.0826. The molecule has 3 rings (SSSR count). The highest BCUT2D eigenvalue weighted by molar-refractivity contribution is 7.09. The summed E-state index contributed by atoms with van der Waals surface area (Å²) in [6.45, 7) is 4.67. The third-order valence-electron chi connectivity index (χ3n) is 4.13. The average Bonchev–Trinajstić information content (AvgIpc) is 3.04. The van der Waals surface area contributed by atoms with E-state index in [1.165, 1.54) is 0 Å². The number of urea groups is 1. The summed E-state index contributed by atoms with van der Waals surface area (Å²) in [6.07, 6.45) is 1.28. The van der Waals surface area contributed by atoms with Crippen molar-refractivity contribution in [3.05, 3.63) is 16.1 Å². The number of rotatable bonds is 3. The maximum Gasteiger partial charge on any atom is 0.320 e. The summed E-state index contributed by atoms with van der Waals surface area (Å²) in [4.78, 5) is 34.2. The highest BCUT2D eigenvalue weighted by Crippen LogP contribution is 2.20. The number of piperazine rings is 1. The van der Waals surface area contributed by atoms with E-state index in [-0.39, 0.29) is 18.0 Å².